The number of benzene rings is 1. The smallest absolute Gasteiger partial charge is 0.233 e. The highest BCUT2D eigenvalue weighted by Crippen LogP contribution is 2.43. The molecule has 3 rings (SSSR count). The first-order valence-corrected chi connectivity index (χ1v) is 5.60. The molecule has 0 unspecified atom stereocenters. The van der Waals surface area contributed by atoms with Crippen LogP contribution in [0, 0.1) is 12.7 Å². The molecule has 2 N–H and O–H groups in total. The lowest BCUT2D eigenvalue weighted by molar-refractivity contribution is 0.363. The van der Waals surface area contributed by atoms with Crippen molar-refractivity contribution in [2.24, 2.45) is 0 Å². The van der Waals surface area contributed by atoms with Crippen molar-refractivity contribution in [3.8, 4) is 11.4 Å². The molecule has 94 valence electrons. The Balaban J connectivity index is 1.97. The summed E-state index contributed by atoms with van der Waals surface area (Å²) < 4.78 is 31.3. The molecule has 6 heteroatoms. The number of halogens is 2. The van der Waals surface area contributed by atoms with Crippen LogP contribution in [-0.4, -0.2) is 16.3 Å². The number of nitrogen functional groups attached to an aromatic ring is 1. The number of rotatable bonds is 2. The molecule has 0 spiro atoms. The maximum Gasteiger partial charge on any atom is 0.233 e. The predicted octanol–water partition coefficient (Wildman–Crippen LogP) is 2.59. The minimum absolute atomic E-state index is 0.231. The number of anilines is 1. The van der Waals surface area contributed by atoms with Crippen LogP contribution in [0.25, 0.3) is 11.4 Å². The van der Waals surface area contributed by atoms with Gasteiger partial charge in [-0.3, -0.25) is 0 Å². The Kier molecular flexibility index (Phi) is 2.33. The molecule has 0 amide bonds. The second-order valence-electron chi connectivity index (χ2n) is 4.49. The van der Waals surface area contributed by atoms with Gasteiger partial charge in [-0.1, -0.05) is 5.16 Å². The molecule has 1 heterocycles. The normalized spacial score (nSPS) is 22.2. The van der Waals surface area contributed by atoms with Crippen LogP contribution in [0.15, 0.2) is 16.7 Å². The lowest BCUT2D eigenvalue weighted by Gasteiger charge is -2.03. The number of nitrogens with zero attached hydrogens (tertiary/aromatic N) is 2. The van der Waals surface area contributed by atoms with Crippen LogP contribution in [0.4, 0.5) is 14.5 Å². The van der Waals surface area contributed by atoms with Crippen molar-refractivity contribution in [3.63, 3.8) is 0 Å². The van der Waals surface area contributed by atoms with Gasteiger partial charge in [-0.25, -0.2) is 8.78 Å². The highest BCUT2D eigenvalue weighted by Gasteiger charge is 2.43. The van der Waals surface area contributed by atoms with Crippen LogP contribution < -0.4 is 5.73 Å². The lowest BCUT2D eigenvalue weighted by atomic mass is 10.1. The Morgan fingerprint density at radius 1 is 1.44 bits per heavy atom. The highest BCUT2D eigenvalue weighted by molar-refractivity contribution is 5.63. The Bertz CT molecular complexity index is 588. The van der Waals surface area contributed by atoms with Gasteiger partial charge < -0.3 is 10.3 Å². The molecule has 18 heavy (non-hydrogen) atoms. The van der Waals surface area contributed by atoms with Crippen LogP contribution in [0.2, 0.25) is 0 Å². The molecule has 4 nitrogen and oxygen atoms in total. The summed E-state index contributed by atoms with van der Waals surface area (Å²) in [6, 6.07) is 2.87. The molecule has 0 saturated heterocycles. The minimum Gasteiger partial charge on any atom is -0.398 e. The molecule has 0 bridgehead atoms. The largest absolute Gasteiger partial charge is 0.398 e. The van der Waals surface area contributed by atoms with Gasteiger partial charge in [0.15, 0.2) is 0 Å². The van der Waals surface area contributed by atoms with Gasteiger partial charge in [-0.15, -0.1) is 0 Å². The Labute approximate surface area is 102 Å². The standard InChI is InChI=1S/C12H11F2N3O/c1-5-8(13)2-6(3-10(5)15)11-16-12(18-17-11)7-4-9(7)14/h2-3,7,9H,4,15H2,1H3/t7-,9-/m0/s1. The number of aromatic nitrogens is 2. The van der Waals surface area contributed by atoms with Crippen molar-refractivity contribution < 1.29 is 13.3 Å². The fraction of sp³-hybridized carbons (Fsp3) is 0.333. The van der Waals surface area contributed by atoms with E-state index in [0.717, 1.165) is 0 Å². The molecule has 1 aromatic heterocycles. The molecule has 2 aromatic rings. The molecular formula is C12H11F2N3O. The van der Waals surface area contributed by atoms with Gasteiger partial charge in [0.1, 0.15) is 12.0 Å². The molecule has 1 aliphatic rings. The van der Waals surface area contributed by atoms with Crippen molar-refractivity contribution in [2.45, 2.75) is 25.4 Å². The third kappa shape index (κ3) is 1.73. The van der Waals surface area contributed by atoms with E-state index in [0.29, 0.717) is 23.2 Å². The third-order valence-corrected chi connectivity index (χ3v) is 3.11. The van der Waals surface area contributed by atoms with Crippen molar-refractivity contribution in [1.29, 1.82) is 0 Å². The van der Waals surface area contributed by atoms with E-state index in [4.69, 9.17) is 10.3 Å². The van der Waals surface area contributed by atoms with Crippen LogP contribution in [0.3, 0.4) is 0 Å². The quantitative estimate of drug-likeness (QED) is 0.833. The van der Waals surface area contributed by atoms with E-state index in [1.807, 2.05) is 0 Å². The number of alkyl halides is 1. The van der Waals surface area contributed by atoms with Crippen molar-refractivity contribution in [3.05, 3.63) is 29.4 Å². The zero-order valence-electron chi connectivity index (χ0n) is 9.65. The fourth-order valence-electron chi connectivity index (χ4n) is 1.75. The second-order valence-corrected chi connectivity index (χ2v) is 4.49. The Hall–Kier alpha value is -1.98. The van der Waals surface area contributed by atoms with Gasteiger partial charge in [0.25, 0.3) is 0 Å². The van der Waals surface area contributed by atoms with Gasteiger partial charge >= 0.3 is 0 Å². The maximum absolute atomic E-state index is 13.5. The van der Waals surface area contributed by atoms with Gasteiger partial charge in [0.05, 0.1) is 5.92 Å². The summed E-state index contributed by atoms with van der Waals surface area (Å²) in [6.45, 7) is 1.59. The van der Waals surface area contributed by atoms with E-state index in [1.54, 1.807) is 13.0 Å². The van der Waals surface area contributed by atoms with E-state index in [2.05, 4.69) is 10.1 Å². The summed E-state index contributed by atoms with van der Waals surface area (Å²) in [5, 5.41) is 3.72. The Morgan fingerprint density at radius 2 is 2.17 bits per heavy atom. The summed E-state index contributed by atoms with van der Waals surface area (Å²) in [4.78, 5) is 4.06. The van der Waals surface area contributed by atoms with Gasteiger partial charge in [-0.2, -0.15) is 4.98 Å². The lowest BCUT2D eigenvalue weighted by Crippen LogP contribution is -1.95. The summed E-state index contributed by atoms with van der Waals surface area (Å²) in [5.74, 6) is -0.239. The van der Waals surface area contributed by atoms with Gasteiger partial charge in [0.2, 0.25) is 11.7 Å². The number of nitrogens with two attached hydrogens (primary N) is 1. The second kappa shape index (κ2) is 3.76. The zero-order valence-corrected chi connectivity index (χ0v) is 9.65. The van der Waals surface area contributed by atoms with Crippen LogP contribution in [0.1, 0.15) is 23.8 Å². The molecule has 1 aliphatic carbocycles. The van der Waals surface area contributed by atoms with E-state index in [-0.39, 0.29) is 17.6 Å². The maximum atomic E-state index is 13.5. The first kappa shape index (κ1) is 11.1. The van der Waals surface area contributed by atoms with E-state index in [1.165, 1.54) is 6.07 Å². The number of hydrogen-bond acceptors (Lipinski definition) is 4. The van der Waals surface area contributed by atoms with Gasteiger partial charge in [0, 0.05) is 16.8 Å². The third-order valence-electron chi connectivity index (χ3n) is 3.11. The fourth-order valence-corrected chi connectivity index (χ4v) is 1.75. The van der Waals surface area contributed by atoms with E-state index < -0.39 is 12.0 Å². The molecule has 0 radical (unpaired) electrons. The van der Waals surface area contributed by atoms with Crippen LogP contribution in [-0.2, 0) is 0 Å². The Morgan fingerprint density at radius 3 is 2.78 bits per heavy atom. The monoisotopic (exact) mass is 251 g/mol. The summed E-state index contributed by atoms with van der Waals surface area (Å²) in [6.07, 6.45) is -0.496. The molecular weight excluding hydrogens is 240 g/mol. The number of hydrogen-bond donors (Lipinski definition) is 1. The topological polar surface area (TPSA) is 64.9 Å². The molecule has 1 fully saturated rings. The minimum atomic E-state index is -0.905. The van der Waals surface area contributed by atoms with Crippen LogP contribution >= 0.6 is 0 Å². The van der Waals surface area contributed by atoms with Crippen LogP contribution in [0.5, 0.6) is 0 Å². The average molecular weight is 251 g/mol. The SMILES string of the molecule is Cc1c(N)cc(-c2noc([C@H]3C[C@@H]3F)n2)cc1F. The van der Waals surface area contributed by atoms with Crippen molar-refractivity contribution >= 4 is 5.69 Å². The average Bonchev–Trinajstić information content (AvgIpc) is 2.89. The molecule has 1 aromatic carbocycles. The first-order chi connectivity index (χ1) is 8.56. The summed E-state index contributed by atoms with van der Waals surface area (Å²) >= 11 is 0. The van der Waals surface area contributed by atoms with Crippen molar-refractivity contribution in [1.82, 2.24) is 10.1 Å². The molecule has 1 saturated carbocycles. The highest BCUT2D eigenvalue weighted by atomic mass is 19.1. The molecule has 0 aliphatic heterocycles. The van der Waals surface area contributed by atoms with E-state index in [9.17, 15) is 8.78 Å². The van der Waals surface area contributed by atoms with Gasteiger partial charge in [-0.05, 0) is 25.5 Å². The molecule has 2 atom stereocenters. The first-order valence-electron chi connectivity index (χ1n) is 5.60. The van der Waals surface area contributed by atoms with E-state index >= 15 is 0 Å². The predicted molar refractivity (Wildman–Crippen MR) is 61.1 cm³/mol. The summed E-state index contributed by atoms with van der Waals surface area (Å²) in [7, 11) is 0. The zero-order chi connectivity index (χ0) is 12.9. The van der Waals surface area contributed by atoms with Crippen molar-refractivity contribution in [2.75, 3.05) is 5.73 Å². The summed E-state index contributed by atoms with van der Waals surface area (Å²) in [5.41, 5.74) is 6.81.